The van der Waals surface area contributed by atoms with Gasteiger partial charge in [0.05, 0.1) is 24.6 Å². The van der Waals surface area contributed by atoms with Crippen molar-refractivity contribution in [3.8, 4) is 5.75 Å². The van der Waals surface area contributed by atoms with E-state index in [2.05, 4.69) is 4.98 Å². The molecule has 0 aliphatic heterocycles. The van der Waals surface area contributed by atoms with Crippen LogP contribution in [0.5, 0.6) is 5.75 Å². The third-order valence-electron chi connectivity index (χ3n) is 2.91. The van der Waals surface area contributed by atoms with Crippen molar-refractivity contribution in [3.63, 3.8) is 0 Å². The molecule has 0 saturated heterocycles. The Bertz CT molecular complexity index is 575. The predicted molar refractivity (Wildman–Crippen MR) is 67.9 cm³/mol. The molecular weight excluding hydrogens is 232 g/mol. The molecule has 0 fully saturated rings. The molecule has 0 atom stereocenters. The number of nitrogens with zero attached hydrogens (tertiary/aromatic N) is 2. The van der Waals surface area contributed by atoms with Crippen LogP contribution < -0.4 is 4.74 Å². The van der Waals surface area contributed by atoms with Crippen LogP contribution in [0.25, 0.3) is 11.0 Å². The molecule has 5 nitrogen and oxygen atoms in total. The number of carboxylic acids is 1. The zero-order valence-corrected chi connectivity index (χ0v) is 10.5. The maximum absolute atomic E-state index is 10.6. The van der Waals surface area contributed by atoms with E-state index < -0.39 is 5.97 Å². The molecule has 5 heteroatoms. The van der Waals surface area contributed by atoms with E-state index in [1.165, 1.54) is 0 Å². The smallest absolute Gasteiger partial charge is 0.303 e. The summed E-state index contributed by atoms with van der Waals surface area (Å²) < 4.78 is 7.20. The van der Waals surface area contributed by atoms with Gasteiger partial charge >= 0.3 is 5.97 Å². The number of imidazole rings is 1. The highest BCUT2D eigenvalue weighted by Gasteiger charge is 2.11. The molecule has 96 valence electrons. The minimum absolute atomic E-state index is 0.0977. The van der Waals surface area contributed by atoms with Crippen molar-refractivity contribution >= 4 is 17.0 Å². The predicted octanol–water partition coefficient (Wildman–Crippen LogP) is 2.08. The number of hydrogen-bond donors (Lipinski definition) is 1. The molecule has 0 bridgehead atoms. The average molecular weight is 248 g/mol. The molecule has 1 aromatic carbocycles. The molecule has 2 aromatic rings. The SMILES string of the molecule is CCn1c(CCC(=O)O)nc2cc(OC)ccc21. The minimum atomic E-state index is -0.803. The van der Waals surface area contributed by atoms with Gasteiger partial charge in [0.15, 0.2) is 0 Å². The molecule has 0 unspecified atom stereocenters. The molecule has 0 aliphatic rings. The number of aromatic nitrogens is 2. The van der Waals surface area contributed by atoms with Crippen LogP contribution in [-0.4, -0.2) is 27.7 Å². The molecule has 0 aliphatic carbocycles. The fourth-order valence-electron chi connectivity index (χ4n) is 2.05. The quantitative estimate of drug-likeness (QED) is 0.879. The Morgan fingerprint density at radius 3 is 2.89 bits per heavy atom. The summed E-state index contributed by atoms with van der Waals surface area (Å²) in [5.74, 6) is 0.762. The van der Waals surface area contributed by atoms with Gasteiger partial charge in [-0.3, -0.25) is 4.79 Å². The van der Waals surface area contributed by atoms with Crippen LogP contribution in [0, 0.1) is 0 Å². The highest BCUT2D eigenvalue weighted by Crippen LogP contribution is 2.22. The zero-order valence-electron chi connectivity index (χ0n) is 10.5. The van der Waals surface area contributed by atoms with Gasteiger partial charge in [0.25, 0.3) is 0 Å². The molecule has 0 saturated carbocycles. The standard InChI is InChI=1S/C13H16N2O3/c1-3-15-11-5-4-9(18-2)8-10(11)14-12(15)6-7-13(16)17/h4-5,8H,3,6-7H2,1-2H3,(H,16,17). The van der Waals surface area contributed by atoms with Crippen LogP contribution in [-0.2, 0) is 17.8 Å². The first-order valence-corrected chi connectivity index (χ1v) is 5.90. The number of hydrogen-bond acceptors (Lipinski definition) is 3. The molecule has 0 amide bonds. The van der Waals surface area contributed by atoms with E-state index in [-0.39, 0.29) is 6.42 Å². The summed E-state index contributed by atoms with van der Waals surface area (Å²) in [5, 5.41) is 8.74. The Kier molecular flexibility index (Phi) is 3.50. The maximum Gasteiger partial charge on any atom is 0.303 e. The topological polar surface area (TPSA) is 64.4 Å². The van der Waals surface area contributed by atoms with E-state index in [1.807, 2.05) is 29.7 Å². The second kappa shape index (κ2) is 5.08. The maximum atomic E-state index is 10.6. The van der Waals surface area contributed by atoms with Crippen LogP contribution in [0.1, 0.15) is 19.2 Å². The van der Waals surface area contributed by atoms with Crippen molar-refractivity contribution in [3.05, 3.63) is 24.0 Å². The number of benzene rings is 1. The normalized spacial score (nSPS) is 10.8. The Hall–Kier alpha value is -2.04. The Morgan fingerprint density at radius 1 is 1.50 bits per heavy atom. The van der Waals surface area contributed by atoms with Crippen molar-refractivity contribution in [2.75, 3.05) is 7.11 Å². The fraction of sp³-hybridized carbons (Fsp3) is 0.385. The van der Waals surface area contributed by atoms with E-state index in [1.54, 1.807) is 7.11 Å². The van der Waals surface area contributed by atoms with Gasteiger partial charge in [-0.2, -0.15) is 0 Å². The Balaban J connectivity index is 2.43. The summed E-state index contributed by atoms with van der Waals surface area (Å²) >= 11 is 0. The third-order valence-corrected chi connectivity index (χ3v) is 2.91. The van der Waals surface area contributed by atoms with Crippen LogP contribution in [0.4, 0.5) is 0 Å². The van der Waals surface area contributed by atoms with E-state index in [0.29, 0.717) is 6.42 Å². The summed E-state index contributed by atoms with van der Waals surface area (Å²) in [5.41, 5.74) is 1.86. The second-order valence-electron chi connectivity index (χ2n) is 4.02. The lowest BCUT2D eigenvalue weighted by Crippen LogP contribution is -2.05. The number of aliphatic carboxylic acids is 1. The number of rotatable bonds is 5. The van der Waals surface area contributed by atoms with Gasteiger partial charge < -0.3 is 14.4 Å². The summed E-state index contributed by atoms with van der Waals surface area (Å²) in [6.07, 6.45) is 0.542. The van der Waals surface area contributed by atoms with Gasteiger partial charge in [0.1, 0.15) is 11.6 Å². The van der Waals surface area contributed by atoms with E-state index >= 15 is 0 Å². The Labute approximate surface area is 105 Å². The lowest BCUT2D eigenvalue weighted by atomic mass is 10.3. The lowest BCUT2D eigenvalue weighted by molar-refractivity contribution is -0.137. The van der Waals surface area contributed by atoms with Gasteiger partial charge in [-0.05, 0) is 19.1 Å². The first-order valence-electron chi connectivity index (χ1n) is 5.90. The van der Waals surface area contributed by atoms with Gasteiger partial charge in [-0.15, -0.1) is 0 Å². The van der Waals surface area contributed by atoms with Gasteiger partial charge in [0, 0.05) is 19.0 Å². The zero-order chi connectivity index (χ0) is 13.1. The van der Waals surface area contributed by atoms with Crippen LogP contribution in [0.3, 0.4) is 0 Å². The summed E-state index contributed by atoms with van der Waals surface area (Å²) in [7, 11) is 1.61. The van der Waals surface area contributed by atoms with Crippen molar-refractivity contribution < 1.29 is 14.6 Å². The highest BCUT2D eigenvalue weighted by molar-refractivity contribution is 5.78. The number of aryl methyl sites for hydroxylation is 2. The number of carboxylic acid groups (broad SMARTS) is 1. The molecule has 18 heavy (non-hydrogen) atoms. The average Bonchev–Trinajstić information content (AvgIpc) is 2.72. The van der Waals surface area contributed by atoms with E-state index in [9.17, 15) is 4.79 Å². The van der Waals surface area contributed by atoms with Crippen molar-refractivity contribution in [1.82, 2.24) is 9.55 Å². The first-order chi connectivity index (χ1) is 8.65. The van der Waals surface area contributed by atoms with Gasteiger partial charge in [-0.25, -0.2) is 4.98 Å². The summed E-state index contributed by atoms with van der Waals surface area (Å²) in [6.45, 7) is 2.80. The molecular formula is C13H16N2O3. The van der Waals surface area contributed by atoms with Crippen molar-refractivity contribution in [2.24, 2.45) is 0 Å². The molecule has 0 spiro atoms. The number of carbonyl (C=O) groups is 1. The number of fused-ring (bicyclic) bond motifs is 1. The number of methoxy groups -OCH3 is 1. The second-order valence-corrected chi connectivity index (χ2v) is 4.02. The molecule has 1 heterocycles. The summed E-state index contributed by atoms with van der Waals surface area (Å²) in [4.78, 5) is 15.1. The molecule has 0 radical (unpaired) electrons. The van der Waals surface area contributed by atoms with E-state index in [0.717, 1.165) is 29.2 Å². The van der Waals surface area contributed by atoms with E-state index in [4.69, 9.17) is 9.84 Å². The molecule has 1 N–H and O–H groups in total. The van der Waals surface area contributed by atoms with Crippen LogP contribution >= 0.6 is 0 Å². The lowest BCUT2D eigenvalue weighted by Gasteiger charge is -2.04. The third kappa shape index (κ3) is 2.30. The van der Waals surface area contributed by atoms with Crippen molar-refractivity contribution in [1.29, 1.82) is 0 Å². The Morgan fingerprint density at radius 2 is 2.28 bits per heavy atom. The van der Waals surface area contributed by atoms with Crippen molar-refractivity contribution in [2.45, 2.75) is 26.3 Å². The molecule has 2 rings (SSSR count). The van der Waals surface area contributed by atoms with Gasteiger partial charge in [-0.1, -0.05) is 0 Å². The fourth-order valence-corrected chi connectivity index (χ4v) is 2.05. The van der Waals surface area contributed by atoms with Gasteiger partial charge in [0.2, 0.25) is 0 Å². The minimum Gasteiger partial charge on any atom is -0.497 e. The first kappa shape index (κ1) is 12.4. The highest BCUT2D eigenvalue weighted by atomic mass is 16.5. The largest absolute Gasteiger partial charge is 0.497 e. The molecule has 1 aromatic heterocycles. The number of ether oxygens (including phenoxy) is 1. The van der Waals surface area contributed by atoms with Crippen LogP contribution in [0.15, 0.2) is 18.2 Å². The monoisotopic (exact) mass is 248 g/mol. The van der Waals surface area contributed by atoms with Crippen LogP contribution in [0.2, 0.25) is 0 Å². The summed E-state index contributed by atoms with van der Waals surface area (Å²) in [6, 6.07) is 5.71.